The van der Waals surface area contributed by atoms with Gasteiger partial charge in [-0.05, 0) is 29.2 Å². The van der Waals surface area contributed by atoms with Crippen LogP contribution in [0.4, 0.5) is 0 Å². The average Bonchev–Trinajstić information content (AvgIpc) is 2.47. The summed E-state index contributed by atoms with van der Waals surface area (Å²) in [4.78, 5) is 10.8. The lowest BCUT2D eigenvalue weighted by molar-refractivity contribution is -0.132. The minimum Gasteiger partial charge on any atom is -0.477 e. The van der Waals surface area contributed by atoms with Crippen molar-refractivity contribution < 1.29 is 9.90 Å². The van der Waals surface area contributed by atoms with Gasteiger partial charge in [0.25, 0.3) is 0 Å². The summed E-state index contributed by atoms with van der Waals surface area (Å²) in [7, 11) is 0. The second-order valence-electron chi connectivity index (χ2n) is 4.38. The van der Waals surface area contributed by atoms with Gasteiger partial charge in [-0.2, -0.15) is 5.26 Å². The molecule has 98 valence electrons. The molecule has 0 saturated heterocycles. The van der Waals surface area contributed by atoms with E-state index in [0.717, 1.165) is 12.0 Å². The standard InChI is InChI=1S/C17H13NO2/c18-12-16(17(19)20)11-15-8-6-14(7-9-15)10-13-4-2-1-3-5-13/h1-9,11H,10H2,(H,19,20). The van der Waals surface area contributed by atoms with Gasteiger partial charge in [-0.25, -0.2) is 4.79 Å². The van der Waals surface area contributed by atoms with Crippen molar-refractivity contribution >= 4 is 12.0 Å². The molecule has 0 bridgehead atoms. The zero-order valence-electron chi connectivity index (χ0n) is 10.8. The predicted molar refractivity (Wildman–Crippen MR) is 76.9 cm³/mol. The zero-order chi connectivity index (χ0) is 14.4. The molecule has 0 unspecified atom stereocenters. The van der Waals surface area contributed by atoms with E-state index < -0.39 is 5.97 Å². The number of hydrogen-bond donors (Lipinski definition) is 1. The highest BCUT2D eigenvalue weighted by Crippen LogP contribution is 2.13. The van der Waals surface area contributed by atoms with E-state index in [1.165, 1.54) is 11.6 Å². The van der Waals surface area contributed by atoms with Gasteiger partial charge in [0, 0.05) is 0 Å². The summed E-state index contributed by atoms with van der Waals surface area (Å²) in [6.45, 7) is 0. The topological polar surface area (TPSA) is 61.1 Å². The van der Waals surface area contributed by atoms with Gasteiger partial charge in [0.2, 0.25) is 0 Å². The molecular weight excluding hydrogens is 250 g/mol. The Morgan fingerprint density at radius 3 is 2.20 bits per heavy atom. The fourth-order valence-corrected chi connectivity index (χ4v) is 1.87. The molecule has 20 heavy (non-hydrogen) atoms. The lowest BCUT2D eigenvalue weighted by atomic mass is 10.0. The molecule has 0 aromatic heterocycles. The molecule has 2 aromatic carbocycles. The van der Waals surface area contributed by atoms with Crippen molar-refractivity contribution in [2.45, 2.75) is 6.42 Å². The maximum absolute atomic E-state index is 10.8. The first-order chi connectivity index (χ1) is 9.69. The lowest BCUT2D eigenvalue weighted by Gasteiger charge is -2.02. The van der Waals surface area contributed by atoms with E-state index in [9.17, 15) is 4.79 Å². The number of rotatable bonds is 4. The Labute approximate surface area is 117 Å². The summed E-state index contributed by atoms with van der Waals surface area (Å²) >= 11 is 0. The summed E-state index contributed by atoms with van der Waals surface area (Å²) in [5, 5.41) is 17.5. The molecule has 2 aromatic rings. The molecule has 0 saturated carbocycles. The smallest absolute Gasteiger partial charge is 0.346 e. The quantitative estimate of drug-likeness (QED) is 0.680. The number of carboxylic acid groups (broad SMARTS) is 1. The van der Waals surface area contributed by atoms with Crippen LogP contribution in [0.2, 0.25) is 0 Å². The van der Waals surface area contributed by atoms with E-state index in [1.54, 1.807) is 6.07 Å². The fourth-order valence-electron chi connectivity index (χ4n) is 1.87. The molecule has 0 radical (unpaired) electrons. The van der Waals surface area contributed by atoms with E-state index in [2.05, 4.69) is 12.1 Å². The molecule has 2 rings (SSSR count). The number of nitriles is 1. The summed E-state index contributed by atoms with van der Waals surface area (Å²) in [5.41, 5.74) is 2.81. The lowest BCUT2D eigenvalue weighted by Crippen LogP contribution is -1.97. The van der Waals surface area contributed by atoms with Crippen molar-refractivity contribution in [3.05, 3.63) is 76.9 Å². The Kier molecular flexibility index (Phi) is 4.31. The highest BCUT2D eigenvalue weighted by Gasteiger charge is 2.05. The molecule has 0 heterocycles. The van der Waals surface area contributed by atoms with Crippen molar-refractivity contribution in [2.75, 3.05) is 0 Å². The van der Waals surface area contributed by atoms with Gasteiger partial charge in [0.1, 0.15) is 11.6 Å². The Bertz CT molecular complexity index is 664. The van der Waals surface area contributed by atoms with E-state index >= 15 is 0 Å². The molecule has 0 aliphatic heterocycles. The average molecular weight is 263 g/mol. The Hall–Kier alpha value is -2.86. The van der Waals surface area contributed by atoms with E-state index in [0.29, 0.717) is 5.56 Å². The van der Waals surface area contributed by atoms with E-state index in [1.807, 2.05) is 42.5 Å². The Morgan fingerprint density at radius 2 is 1.65 bits per heavy atom. The molecule has 1 N–H and O–H groups in total. The number of benzene rings is 2. The normalized spacial score (nSPS) is 10.8. The third-order valence-electron chi connectivity index (χ3n) is 2.89. The molecule has 3 nitrogen and oxygen atoms in total. The largest absolute Gasteiger partial charge is 0.477 e. The summed E-state index contributed by atoms with van der Waals surface area (Å²) in [5.74, 6) is -1.21. The minimum atomic E-state index is -1.21. The van der Waals surface area contributed by atoms with Crippen LogP contribution in [0, 0.1) is 11.3 Å². The second kappa shape index (κ2) is 6.35. The number of carbonyl (C=O) groups is 1. The van der Waals surface area contributed by atoms with Gasteiger partial charge < -0.3 is 5.11 Å². The van der Waals surface area contributed by atoms with Crippen molar-refractivity contribution in [3.63, 3.8) is 0 Å². The van der Waals surface area contributed by atoms with Crippen LogP contribution >= 0.6 is 0 Å². The number of carboxylic acids is 1. The van der Waals surface area contributed by atoms with Crippen molar-refractivity contribution in [2.24, 2.45) is 0 Å². The molecule has 0 aliphatic carbocycles. The molecule has 0 amide bonds. The van der Waals surface area contributed by atoms with Gasteiger partial charge >= 0.3 is 5.97 Å². The van der Waals surface area contributed by atoms with Gasteiger partial charge in [-0.3, -0.25) is 0 Å². The third kappa shape index (κ3) is 3.56. The number of hydrogen-bond acceptors (Lipinski definition) is 2. The second-order valence-corrected chi connectivity index (χ2v) is 4.38. The SMILES string of the molecule is N#CC(=Cc1ccc(Cc2ccccc2)cc1)C(=O)O. The highest BCUT2D eigenvalue weighted by molar-refractivity contribution is 5.96. The molecule has 0 spiro atoms. The van der Waals surface area contributed by atoms with Crippen LogP contribution in [-0.4, -0.2) is 11.1 Å². The van der Waals surface area contributed by atoms with Gasteiger partial charge in [0.05, 0.1) is 0 Å². The fraction of sp³-hybridized carbons (Fsp3) is 0.0588. The van der Waals surface area contributed by atoms with Crippen molar-refractivity contribution in [1.29, 1.82) is 5.26 Å². The van der Waals surface area contributed by atoms with E-state index in [4.69, 9.17) is 10.4 Å². The number of aliphatic carboxylic acids is 1. The predicted octanol–water partition coefficient (Wildman–Crippen LogP) is 3.27. The maximum Gasteiger partial charge on any atom is 0.346 e. The number of nitrogens with zero attached hydrogens (tertiary/aromatic N) is 1. The highest BCUT2D eigenvalue weighted by atomic mass is 16.4. The van der Waals surface area contributed by atoms with Crippen LogP contribution in [0.5, 0.6) is 0 Å². The molecule has 0 fully saturated rings. The van der Waals surface area contributed by atoms with E-state index in [-0.39, 0.29) is 5.57 Å². The van der Waals surface area contributed by atoms with Gasteiger partial charge in [-0.1, -0.05) is 54.6 Å². The Morgan fingerprint density at radius 1 is 1.05 bits per heavy atom. The van der Waals surface area contributed by atoms with Crippen LogP contribution in [-0.2, 0) is 11.2 Å². The molecule has 0 atom stereocenters. The summed E-state index contributed by atoms with van der Waals surface area (Å²) in [6, 6.07) is 19.3. The Balaban J connectivity index is 2.15. The summed E-state index contributed by atoms with van der Waals surface area (Å²) < 4.78 is 0. The zero-order valence-corrected chi connectivity index (χ0v) is 10.8. The van der Waals surface area contributed by atoms with Gasteiger partial charge in [0.15, 0.2) is 0 Å². The van der Waals surface area contributed by atoms with Crippen LogP contribution in [0.25, 0.3) is 6.08 Å². The monoisotopic (exact) mass is 263 g/mol. The first kappa shape index (κ1) is 13.6. The third-order valence-corrected chi connectivity index (χ3v) is 2.89. The van der Waals surface area contributed by atoms with Crippen molar-refractivity contribution in [1.82, 2.24) is 0 Å². The minimum absolute atomic E-state index is 0.263. The first-order valence-corrected chi connectivity index (χ1v) is 6.17. The van der Waals surface area contributed by atoms with Crippen molar-refractivity contribution in [3.8, 4) is 6.07 Å². The molecule has 3 heteroatoms. The first-order valence-electron chi connectivity index (χ1n) is 6.17. The molecule has 0 aliphatic rings. The van der Waals surface area contributed by atoms with Crippen LogP contribution in [0.3, 0.4) is 0 Å². The van der Waals surface area contributed by atoms with Gasteiger partial charge in [-0.15, -0.1) is 0 Å². The van der Waals surface area contributed by atoms with Crippen LogP contribution in [0.15, 0.2) is 60.2 Å². The maximum atomic E-state index is 10.8. The molecular formula is C17H13NO2. The van der Waals surface area contributed by atoms with Crippen LogP contribution in [0.1, 0.15) is 16.7 Å². The summed E-state index contributed by atoms with van der Waals surface area (Å²) in [6.07, 6.45) is 2.20. The van der Waals surface area contributed by atoms with Crippen LogP contribution < -0.4 is 0 Å².